The Kier molecular flexibility index (Phi) is 3.54. The van der Waals surface area contributed by atoms with Crippen LogP contribution in [0.2, 0.25) is 5.15 Å². The van der Waals surface area contributed by atoms with Crippen LogP contribution in [0.3, 0.4) is 0 Å². The van der Waals surface area contributed by atoms with Gasteiger partial charge in [-0.25, -0.2) is 13.8 Å². The Morgan fingerprint density at radius 1 is 1.18 bits per heavy atom. The van der Waals surface area contributed by atoms with Crippen molar-refractivity contribution in [1.82, 2.24) is 4.98 Å². The largest absolute Gasteiger partial charge is 0.378 e. The van der Waals surface area contributed by atoms with Crippen LogP contribution in [0.25, 0.3) is 0 Å². The van der Waals surface area contributed by atoms with Gasteiger partial charge in [-0.3, -0.25) is 0 Å². The SMILES string of the molecule is Fc1ccc(CNc2cccnc2Cl)cc1F. The zero-order valence-electron chi connectivity index (χ0n) is 8.75. The van der Waals surface area contributed by atoms with Crippen molar-refractivity contribution in [3.05, 3.63) is 58.9 Å². The van der Waals surface area contributed by atoms with Gasteiger partial charge in [0.15, 0.2) is 16.8 Å². The van der Waals surface area contributed by atoms with E-state index in [-0.39, 0.29) is 0 Å². The van der Waals surface area contributed by atoms with Crippen LogP contribution in [-0.2, 0) is 6.54 Å². The number of anilines is 1. The van der Waals surface area contributed by atoms with Crippen molar-refractivity contribution in [3.63, 3.8) is 0 Å². The Morgan fingerprint density at radius 3 is 2.71 bits per heavy atom. The summed E-state index contributed by atoms with van der Waals surface area (Å²) < 4.78 is 25.6. The molecule has 0 fully saturated rings. The van der Waals surface area contributed by atoms with Crippen molar-refractivity contribution in [1.29, 1.82) is 0 Å². The fourth-order valence-electron chi connectivity index (χ4n) is 1.36. The van der Waals surface area contributed by atoms with E-state index in [0.717, 1.165) is 12.1 Å². The molecule has 0 saturated heterocycles. The molecule has 0 unspecified atom stereocenters. The highest BCUT2D eigenvalue weighted by atomic mass is 35.5. The summed E-state index contributed by atoms with van der Waals surface area (Å²) in [4.78, 5) is 3.89. The standard InChI is InChI=1S/C12H9ClF2N2/c13-12-11(2-1-5-16-12)17-7-8-3-4-9(14)10(15)6-8/h1-6,17H,7H2. The molecule has 1 aromatic carbocycles. The molecule has 0 saturated carbocycles. The average Bonchev–Trinajstić information content (AvgIpc) is 2.32. The van der Waals surface area contributed by atoms with Gasteiger partial charge in [0.25, 0.3) is 0 Å². The molecule has 0 aliphatic rings. The predicted octanol–water partition coefficient (Wildman–Crippen LogP) is 3.63. The van der Waals surface area contributed by atoms with E-state index in [1.807, 2.05) is 0 Å². The van der Waals surface area contributed by atoms with Crippen LogP contribution < -0.4 is 5.32 Å². The molecule has 0 aliphatic heterocycles. The predicted molar refractivity (Wildman–Crippen MR) is 62.9 cm³/mol. The molecule has 2 nitrogen and oxygen atoms in total. The molecule has 2 aromatic rings. The summed E-state index contributed by atoms with van der Waals surface area (Å²) in [5.41, 5.74) is 1.28. The molecule has 0 aliphatic carbocycles. The third-order valence-electron chi connectivity index (χ3n) is 2.23. The number of hydrogen-bond acceptors (Lipinski definition) is 2. The molecule has 5 heteroatoms. The molecule has 2 rings (SSSR count). The van der Waals surface area contributed by atoms with E-state index < -0.39 is 11.6 Å². The van der Waals surface area contributed by atoms with E-state index in [9.17, 15) is 8.78 Å². The third-order valence-corrected chi connectivity index (χ3v) is 2.53. The van der Waals surface area contributed by atoms with Gasteiger partial charge in [-0.15, -0.1) is 0 Å². The van der Waals surface area contributed by atoms with Gasteiger partial charge in [0, 0.05) is 12.7 Å². The summed E-state index contributed by atoms with van der Waals surface area (Å²) in [5, 5.41) is 3.34. The van der Waals surface area contributed by atoms with Gasteiger partial charge in [-0.2, -0.15) is 0 Å². The smallest absolute Gasteiger partial charge is 0.159 e. The molecule has 1 heterocycles. The lowest BCUT2D eigenvalue weighted by atomic mass is 10.2. The molecule has 1 N–H and O–H groups in total. The highest BCUT2D eigenvalue weighted by Crippen LogP contribution is 2.18. The number of hydrogen-bond donors (Lipinski definition) is 1. The maximum Gasteiger partial charge on any atom is 0.159 e. The molecule has 0 amide bonds. The molecule has 0 atom stereocenters. The topological polar surface area (TPSA) is 24.9 Å². The number of nitrogens with one attached hydrogen (secondary N) is 1. The number of halogens is 3. The first-order valence-electron chi connectivity index (χ1n) is 4.95. The summed E-state index contributed by atoms with van der Waals surface area (Å²) in [6, 6.07) is 7.24. The number of pyridine rings is 1. The number of rotatable bonds is 3. The van der Waals surface area contributed by atoms with Gasteiger partial charge in [0.05, 0.1) is 5.69 Å². The normalized spacial score (nSPS) is 10.3. The molecule has 88 valence electrons. The van der Waals surface area contributed by atoms with Gasteiger partial charge < -0.3 is 5.32 Å². The van der Waals surface area contributed by atoms with Crippen LogP contribution in [0, 0.1) is 11.6 Å². The van der Waals surface area contributed by atoms with Crippen LogP contribution in [0.5, 0.6) is 0 Å². The Hall–Kier alpha value is -1.68. The molecular weight excluding hydrogens is 246 g/mol. The highest BCUT2D eigenvalue weighted by molar-refractivity contribution is 6.31. The van der Waals surface area contributed by atoms with Gasteiger partial charge in [-0.1, -0.05) is 17.7 Å². The van der Waals surface area contributed by atoms with Gasteiger partial charge >= 0.3 is 0 Å². The van der Waals surface area contributed by atoms with Crippen molar-refractivity contribution < 1.29 is 8.78 Å². The van der Waals surface area contributed by atoms with E-state index in [4.69, 9.17) is 11.6 Å². The molecular formula is C12H9ClF2N2. The third kappa shape index (κ3) is 2.91. The van der Waals surface area contributed by atoms with Crippen LogP contribution in [0.15, 0.2) is 36.5 Å². The van der Waals surface area contributed by atoms with Crippen LogP contribution in [0.1, 0.15) is 5.56 Å². The first-order valence-corrected chi connectivity index (χ1v) is 5.33. The lowest BCUT2D eigenvalue weighted by Gasteiger charge is -2.07. The molecule has 0 radical (unpaired) electrons. The number of nitrogens with zero attached hydrogens (tertiary/aromatic N) is 1. The Balaban J connectivity index is 2.08. The van der Waals surface area contributed by atoms with E-state index >= 15 is 0 Å². The van der Waals surface area contributed by atoms with Crippen molar-refractivity contribution in [2.75, 3.05) is 5.32 Å². The molecule has 17 heavy (non-hydrogen) atoms. The first-order chi connectivity index (χ1) is 8.16. The molecule has 0 bridgehead atoms. The highest BCUT2D eigenvalue weighted by Gasteiger charge is 2.03. The van der Waals surface area contributed by atoms with Crippen molar-refractivity contribution in [3.8, 4) is 0 Å². The number of aromatic nitrogens is 1. The maximum atomic E-state index is 12.9. The van der Waals surface area contributed by atoms with Gasteiger partial charge in [0.1, 0.15) is 0 Å². The van der Waals surface area contributed by atoms with Crippen LogP contribution >= 0.6 is 11.6 Å². The van der Waals surface area contributed by atoms with Gasteiger partial charge in [-0.05, 0) is 29.8 Å². The molecule has 1 aromatic heterocycles. The van der Waals surface area contributed by atoms with E-state index in [1.165, 1.54) is 6.07 Å². The quantitative estimate of drug-likeness (QED) is 0.846. The Labute approximate surface area is 102 Å². The second-order valence-corrected chi connectivity index (χ2v) is 3.80. The summed E-state index contributed by atoms with van der Waals surface area (Å²) in [7, 11) is 0. The fraction of sp³-hybridized carbons (Fsp3) is 0.0833. The summed E-state index contributed by atoms with van der Waals surface area (Å²) in [5.74, 6) is -1.71. The second-order valence-electron chi connectivity index (χ2n) is 3.44. The lowest BCUT2D eigenvalue weighted by Crippen LogP contribution is -2.01. The summed E-state index contributed by atoms with van der Waals surface area (Å²) >= 11 is 5.84. The van der Waals surface area contributed by atoms with E-state index in [1.54, 1.807) is 18.3 Å². The zero-order chi connectivity index (χ0) is 12.3. The van der Waals surface area contributed by atoms with Crippen molar-refractivity contribution in [2.24, 2.45) is 0 Å². The second kappa shape index (κ2) is 5.10. The van der Waals surface area contributed by atoms with Crippen molar-refractivity contribution in [2.45, 2.75) is 6.54 Å². The van der Waals surface area contributed by atoms with Crippen LogP contribution in [-0.4, -0.2) is 4.98 Å². The van der Waals surface area contributed by atoms with Crippen molar-refractivity contribution >= 4 is 17.3 Å². The van der Waals surface area contributed by atoms with Gasteiger partial charge in [0.2, 0.25) is 0 Å². The first kappa shape index (κ1) is 11.8. The Bertz CT molecular complexity index is 532. The lowest BCUT2D eigenvalue weighted by molar-refractivity contribution is 0.507. The molecule has 0 spiro atoms. The summed E-state index contributed by atoms with van der Waals surface area (Å²) in [6.07, 6.45) is 1.57. The minimum atomic E-state index is -0.860. The average molecular weight is 255 g/mol. The maximum absolute atomic E-state index is 12.9. The fourth-order valence-corrected chi connectivity index (χ4v) is 1.55. The summed E-state index contributed by atoms with van der Waals surface area (Å²) in [6.45, 7) is 0.350. The zero-order valence-corrected chi connectivity index (χ0v) is 9.51. The number of benzene rings is 1. The minimum absolute atomic E-state index is 0.343. The van der Waals surface area contributed by atoms with E-state index in [0.29, 0.717) is 22.9 Å². The monoisotopic (exact) mass is 254 g/mol. The minimum Gasteiger partial charge on any atom is -0.378 e. The van der Waals surface area contributed by atoms with E-state index in [2.05, 4.69) is 10.3 Å². The Morgan fingerprint density at radius 2 is 2.00 bits per heavy atom. The van der Waals surface area contributed by atoms with Crippen LogP contribution in [0.4, 0.5) is 14.5 Å².